The van der Waals surface area contributed by atoms with E-state index in [-0.39, 0.29) is 38.3 Å². The molecule has 0 fully saturated rings. The molecule has 0 saturated heterocycles. The van der Waals surface area contributed by atoms with Crippen molar-refractivity contribution in [3.05, 3.63) is 58.6 Å². The highest BCUT2D eigenvalue weighted by Crippen LogP contribution is 2.37. The smallest absolute Gasteiger partial charge is 0.237 e. The van der Waals surface area contributed by atoms with Gasteiger partial charge in [-0.15, -0.1) is 0 Å². The van der Waals surface area contributed by atoms with Crippen LogP contribution >= 0.6 is 23.4 Å². The molecule has 1 unspecified atom stereocenters. The maximum absolute atomic E-state index is 13.3. The van der Waals surface area contributed by atoms with Crippen LogP contribution in [0.15, 0.2) is 46.0 Å². The molecule has 2 aromatic heterocycles. The number of amides is 1. The Balaban J connectivity index is 1.92. The van der Waals surface area contributed by atoms with Gasteiger partial charge in [0.2, 0.25) is 5.91 Å². The highest BCUT2D eigenvalue weighted by atomic mass is 35.5. The Morgan fingerprint density at radius 3 is 2.67 bits per heavy atom. The van der Waals surface area contributed by atoms with Gasteiger partial charge in [0, 0.05) is 5.69 Å². The third-order valence-corrected chi connectivity index (χ3v) is 5.40. The summed E-state index contributed by atoms with van der Waals surface area (Å²) in [7, 11) is 0. The van der Waals surface area contributed by atoms with E-state index in [2.05, 4.69) is 10.3 Å². The minimum absolute atomic E-state index is 0.0175. The number of nitrogens with one attached hydrogen (secondary N) is 1. The van der Waals surface area contributed by atoms with E-state index in [0.717, 1.165) is 17.8 Å². The van der Waals surface area contributed by atoms with Crippen LogP contribution in [0, 0.1) is 28.5 Å². The molecule has 0 aliphatic carbocycles. The fourth-order valence-corrected chi connectivity index (χ4v) is 3.69. The molecule has 1 aromatic carbocycles. The maximum atomic E-state index is 13.3. The molecule has 2 heterocycles. The molecule has 3 N–H and O–H groups in total. The third-order valence-electron chi connectivity index (χ3n) is 4.03. The Morgan fingerprint density at radius 1 is 1.33 bits per heavy atom. The Kier molecular flexibility index (Phi) is 6.26. The van der Waals surface area contributed by atoms with Crippen molar-refractivity contribution in [1.29, 1.82) is 10.5 Å². The summed E-state index contributed by atoms with van der Waals surface area (Å²) < 4.78 is 18.6. The Bertz CT molecular complexity index is 1200. The van der Waals surface area contributed by atoms with E-state index in [1.807, 2.05) is 12.1 Å². The number of anilines is 2. The average molecular weight is 442 g/mol. The number of aromatic nitrogens is 1. The molecule has 150 valence electrons. The van der Waals surface area contributed by atoms with Crippen molar-refractivity contribution >= 4 is 40.8 Å². The number of pyridine rings is 1. The summed E-state index contributed by atoms with van der Waals surface area (Å²) >= 11 is 6.72. The van der Waals surface area contributed by atoms with Crippen LogP contribution in [-0.4, -0.2) is 16.1 Å². The summed E-state index contributed by atoms with van der Waals surface area (Å²) in [6, 6.07) is 11.0. The van der Waals surface area contributed by atoms with Crippen LogP contribution in [0.5, 0.6) is 0 Å². The summed E-state index contributed by atoms with van der Waals surface area (Å²) in [5.74, 6) is -0.810. The first-order valence-corrected chi connectivity index (χ1v) is 9.71. The summed E-state index contributed by atoms with van der Waals surface area (Å²) in [6.07, 6.45) is 1.41. The van der Waals surface area contributed by atoms with Crippen LogP contribution in [0.25, 0.3) is 11.3 Å². The monoisotopic (exact) mass is 441 g/mol. The topological polar surface area (TPSA) is 129 Å². The molecular weight excluding hydrogens is 429 g/mol. The second kappa shape index (κ2) is 8.87. The number of nitriles is 2. The van der Waals surface area contributed by atoms with Crippen LogP contribution in [0.2, 0.25) is 5.02 Å². The first-order chi connectivity index (χ1) is 14.3. The second-order valence-electron chi connectivity index (χ2n) is 6.01. The molecule has 30 heavy (non-hydrogen) atoms. The van der Waals surface area contributed by atoms with Crippen molar-refractivity contribution in [2.75, 3.05) is 11.1 Å². The minimum Gasteiger partial charge on any atom is -0.464 e. The van der Waals surface area contributed by atoms with Crippen molar-refractivity contribution in [1.82, 2.24) is 4.98 Å². The number of benzene rings is 1. The van der Waals surface area contributed by atoms with Crippen molar-refractivity contribution in [2.45, 2.75) is 17.2 Å². The fraction of sp³-hybridized carbons (Fsp3) is 0.100. The first-order valence-electron chi connectivity index (χ1n) is 8.45. The van der Waals surface area contributed by atoms with Crippen molar-refractivity contribution in [3.8, 4) is 23.5 Å². The van der Waals surface area contributed by atoms with Gasteiger partial charge in [0.25, 0.3) is 0 Å². The number of halogens is 2. The van der Waals surface area contributed by atoms with Gasteiger partial charge < -0.3 is 15.5 Å². The number of carbonyl (C=O) groups excluding carboxylic acids is 1. The van der Waals surface area contributed by atoms with Gasteiger partial charge in [0.05, 0.1) is 27.7 Å². The van der Waals surface area contributed by atoms with E-state index < -0.39 is 17.0 Å². The predicted molar refractivity (Wildman–Crippen MR) is 111 cm³/mol. The zero-order valence-corrected chi connectivity index (χ0v) is 17.0. The molecule has 0 spiro atoms. The maximum Gasteiger partial charge on any atom is 0.237 e. The van der Waals surface area contributed by atoms with E-state index in [1.54, 1.807) is 19.1 Å². The molecule has 3 aromatic rings. The number of nitrogen functional groups attached to an aromatic ring is 1. The highest BCUT2D eigenvalue weighted by molar-refractivity contribution is 8.00. The minimum atomic E-state index is -0.704. The number of thioether (sulfide) groups is 1. The van der Waals surface area contributed by atoms with E-state index in [9.17, 15) is 19.7 Å². The third kappa shape index (κ3) is 4.23. The molecule has 7 nitrogen and oxygen atoms in total. The number of rotatable bonds is 5. The zero-order chi connectivity index (χ0) is 21.8. The lowest BCUT2D eigenvalue weighted by Crippen LogP contribution is -2.22. The molecule has 10 heteroatoms. The number of hydrogen-bond donors (Lipinski definition) is 2. The summed E-state index contributed by atoms with van der Waals surface area (Å²) in [5, 5.41) is 21.1. The molecule has 3 rings (SSSR count). The molecule has 0 aliphatic rings. The van der Waals surface area contributed by atoms with Crippen LogP contribution in [-0.2, 0) is 4.79 Å². The van der Waals surface area contributed by atoms with Crippen molar-refractivity contribution < 1.29 is 13.6 Å². The van der Waals surface area contributed by atoms with Gasteiger partial charge in [-0.3, -0.25) is 4.79 Å². The Morgan fingerprint density at radius 2 is 2.07 bits per heavy atom. The lowest BCUT2D eigenvalue weighted by molar-refractivity contribution is -0.115. The summed E-state index contributed by atoms with van der Waals surface area (Å²) in [5.41, 5.74) is 6.55. The highest BCUT2D eigenvalue weighted by Gasteiger charge is 2.25. The van der Waals surface area contributed by atoms with Gasteiger partial charge in [-0.1, -0.05) is 23.4 Å². The lowest BCUT2D eigenvalue weighted by atomic mass is 10.0. The molecule has 0 saturated carbocycles. The van der Waals surface area contributed by atoms with Gasteiger partial charge in [-0.2, -0.15) is 10.5 Å². The van der Waals surface area contributed by atoms with Gasteiger partial charge in [0.1, 0.15) is 40.1 Å². The molecular formula is C20H13ClFN5O2S. The largest absolute Gasteiger partial charge is 0.464 e. The van der Waals surface area contributed by atoms with Crippen molar-refractivity contribution in [3.63, 3.8) is 0 Å². The fourth-order valence-electron chi connectivity index (χ4n) is 2.59. The average Bonchev–Trinajstić information content (AvgIpc) is 3.24. The number of nitrogens with zero attached hydrogens (tertiary/aromatic N) is 3. The Labute approximate surface area is 180 Å². The van der Waals surface area contributed by atoms with E-state index in [0.29, 0.717) is 5.69 Å². The molecule has 0 bridgehead atoms. The number of hydrogen-bond acceptors (Lipinski definition) is 7. The van der Waals surface area contributed by atoms with Crippen LogP contribution < -0.4 is 11.1 Å². The van der Waals surface area contributed by atoms with Crippen LogP contribution in [0.3, 0.4) is 0 Å². The normalized spacial score (nSPS) is 11.4. The number of furan rings is 1. The second-order valence-corrected chi connectivity index (χ2v) is 7.74. The van der Waals surface area contributed by atoms with E-state index >= 15 is 0 Å². The van der Waals surface area contributed by atoms with Gasteiger partial charge >= 0.3 is 0 Å². The number of nitrogens with two attached hydrogens (primary N) is 1. The van der Waals surface area contributed by atoms with Gasteiger partial charge in [-0.25, -0.2) is 9.37 Å². The van der Waals surface area contributed by atoms with Crippen LogP contribution in [0.4, 0.5) is 15.9 Å². The SMILES string of the molecule is CC(Sc1nc(N)c(C#N)c(-c2ccco2)c1C#N)C(=O)Nc1ccc(F)c(Cl)c1. The van der Waals surface area contributed by atoms with Crippen LogP contribution in [0.1, 0.15) is 18.1 Å². The molecule has 0 radical (unpaired) electrons. The predicted octanol–water partition coefficient (Wildman–Crippen LogP) is 4.58. The Hall–Kier alpha value is -3.53. The molecule has 1 atom stereocenters. The summed E-state index contributed by atoms with van der Waals surface area (Å²) in [6.45, 7) is 1.61. The quantitative estimate of drug-likeness (QED) is 0.554. The standard InChI is InChI=1S/C20H13ClFN5O2S/c1-10(19(28)26-11-4-5-15(22)14(21)7-11)30-20-13(9-24)17(16-3-2-6-29-16)12(8-23)18(25)27-20/h2-7,10H,1H3,(H2,25,27)(H,26,28). The molecule has 1 amide bonds. The summed E-state index contributed by atoms with van der Waals surface area (Å²) in [4.78, 5) is 16.7. The number of carbonyl (C=O) groups is 1. The van der Waals surface area contributed by atoms with Gasteiger partial charge in [-0.05, 0) is 37.3 Å². The zero-order valence-electron chi connectivity index (χ0n) is 15.4. The first kappa shape index (κ1) is 21.2. The van der Waals surface area contributed by atoms with Crippen molar-refractivity contribution in [2.24, 2.45) is 0 Å². The van der Waals surface area contributed by atoms with Gasteiger partial charge in [0.15, 0.2) is 0 Å². The van der Waals surface area contributed by atoms with E-state index in [1.165, 1.54) is 18.4 Å². The van der Waals surface area contributed by atoms with E-state index in [4.69, 9.17) is 21.8 Å². The lowest BCUT2D eigenvalue weighted by Gasteiger charge is -2.15. The molecule has 0 aliphatic heterocycles.